The molecular formula is C7H7ClNO2+. The van der Waals surface area contributed by atoms with Crippen LogP contribution in [0.2, 0.25) is 5.02 Å². The lowest BCUT2D eigenvalue weighted by Crippen LogP contribution is -2.56. The molecule has 0 aliphatic rings. The first-order valence-corrected chi connectivity index (χ1v) is 3.34. The van der Waals surface area contributed by atoms with Gasteiger partial charge in [-0.15, -0.1) is 0 Å². The van der Waals surface area contributed by atoms with Crippen molar-refractivity contribution in [3.8, 4) is 5.75 Å². The molecule has 0 unspecified atom stereocenters. The van der Waals surface area contributed by atoms with Crippen molar-refractivity contribution in [2.45, 2.75) is 0 Å². The molecule has 0 aliphatic heterocycles. The lowest BCUT2D eigenvalue weighted by molar-refractivity contribution is -0.255. The van der Waals surface area contributed by atoms with Crippen LogP contribution in [0.4, 0.5) is 0 Å². The van der Waals surface area contributed by atoms with Crippen LogP contribution in [-0.2, 0) is 0 Å². The average molecular weight is 173 g/mol. The van der Waals surface area contributed by atoms with E-state index in [4.69, 9.17) is 16.7 Å². The minimum Gasteiger partial charge on any atom is -0.506 e. The molecule has 0 fully saturated rings. The molecule has 0 spiro atoms. The van der Waals surface area contributed by atoms with Gasteiger partial charge in [0.05, 0.1) is 10.6 Å². The first kappa shape index (κ1) is 8.04. The van der Waals surface area contributed by atoms with Gasteiger partial charge in [0.25, 0.3) is 0 Å². The molecule has 0 heterocycles. The lowest BCUT2D eigenvalue weighted by Gasteiger charge is -1.95. The molecule has 0 radical (unpaired) electrons. The summed E-state index contributed by atoms with van der Waals surface area (Å²) in [6.45, 7) is 0. The summed E-state index contributed by atoms with van der Waals surface area (Å²) >= 11 is 5.53. The average Bonchev–Trinajstić information content (AvgIpc) is 1.94. The van der Waals surface area contributed by atoms with Crippen molar-refractivity contribution in [3.63, 3.8) is 0 Å². The molecule has 1 amide bonds. The Bertz CT molecular complexity index is 298. The Kier molecular flexibility index (Phi) is 2.12. The smallest absolute Gasteiger partial charge is 0.341 e. The van der Waals surface area contributed by atoms with Crippen molar-refractivity contribution in [2.24, 2.45) is 0 Å². The van der Waals surface area contributed by atoms with E-state index in [1.54, 1.807) is 0 Å². The summed E-state index contributed by atoms with van der Waals surface area (Å²) in [5, 5.41) is 9.13. The van der Waals surface area contributed by atoms with E-state index in [1.807, 2.05) is 0 Å². The van der Waals surface area contributed by atoms with Gasteiger partial charge in [-0.05, 0) is 18.2 Å². The van der Waals surface area contributed by atoms with Gasteiger partial charge in [-0.1, -0.05) is 11.6 Å². The summed E-state index contributed by atoms with van der Waals surface area (Å²) < 4.78 is 0. The van der Waals surface area contributed by atoms with E-state index in [2.05, 4.69) is 5.73 Å². The normalized spacial score (nSPS) is 9.64. The Labute approximate surface area is 68.4 Å². The van der Waals surface area contributed by atoms with Crippen LogP contribution in [0.1, 0.15) is 10.4 Å². The van der Waals surface area contributed by atoms with Crippen molar-refractivity contribution < 1.29 is 15.6 Å². The molecular weight excluding hydrogens is 166 g/mol. The van der Waals surface area contributed by atoms with Crippen LogP contribution < -0.4 is 5.73 Å². The third-order valence-corrected chi connectivity index (χ3v) is 1.57. The van der Waals surface area contributed by atoms with Gasteiger partial charge in [0.15, 0.2) is 0 Å². The Hall–Kier alpha value is -1.06. The summed E-state index contributed by atoms with van der Waals surface area (Å²) in [5.41, 5.74) is 3.60. The highest BCUT2D eigenvalue weighted by Gasteiger charge is 2.06. The highest BCUT2D eigenvalue weighted by molar-refractivity contribution is 6.32. The first-order chi connectivity index (χ1) is 5.11. The van der Waals surface area contributed by atoms with E-state index in [1.165, 1.54) is 18.2 Å². The standard InChI is InChI=1S/C7H6ClNO2/c8-5-3-4(7(9)11)1-2-6(5)10/h1-3,10H,(H2,9,11)/p+1. The van der Waals surface area contributed by atoms with Crippen LogP contribution in [0, 0.1) is 0 Å². The summed E-state index contributed by atoms with van der Waals surface area (Å²) in [7, 11) is 0. The van der Waals surface area contributed by atoms with E-state index in [9.17, 15) is 4.79 Å². The number of carbonyl (C=O) groups is 1. The van der Waals surface area contributed by atoms with Crippen molar-refractivity contribution in [1.82, 2.24) is 0 Å². The van der Waals surface area contributed by atoms with E-state index in [0.717, 1.165) is 0 Å². The molecule has 11 heavy (non-hydrogen) atoms. The fourth-order valence-corrected chi connectivity index (χ4v) is 0.861. The molecule has 1 aromatic carbocycles. The monoisotopic (exact) mass is 172 g/mol. The Morgan fingerprint density at radius 1 is 1.55 bits per heavy atom. The maximum absolute atomic E-state index is 10.7. The van der Waals surface area contributed by atoms with Crippen molar-refractivity contribution in [1.29, 1.82) is 0 Å². The molecule has 0 aromatic heterocycles. The van der Waals surface area contributed by atoms with Gasteiger partial charge < -0.3 is 5.11 Å². The van der Waals surface area contributed by atoms with Crippen LogP contribution in [0.15, 0.2) is 18.2 Å². The molecule has 0 bridgehead atoms. The number of hydrogen-bond acceptors (Lipinski definition) is 2. The van der Waals surface area contributed by atoms with Gasteiger partial charge in [0.1, 0.15) is 5.75 Å². The van der Waals surface area contributed by atoms with Crippen LogP contribution in [0.25, 0.3) is 0 Å². The second-order valence-electron chi connectivity index (χ2n) is 2.09. The highest BCUT2D eigenvalue weighted by atomic mass is 35.5. The number of carbonyl (C=O) groups excluding carboxylic acids is 1. The second kappa shape index (κ2) is 2.90. The van der Waals surface area contributed by atoms with Crippen LogP contribution >= 0.6 is 11.6 Å². The maximum atomic E-state index is 10.7. The van der Waals surface area contributed by atoms with Gasteiger partial charge in [-0.3, -0.25) is 5.73 Å². The second-order valence-corrected chi connectivity index (χ2v) is 2.50. The molecule has 0 atom stereocenters. The van der Waals surface area contributed by atoms with Crippen molar-refractivity contribution >= 4 is 17.5 Å². The Balaban J connectivity index is 3.15. The number of aromatic hydroxyl groups is 1. The number of halogens is 1. The zero-order valence-electron chi connectivity index (χ0n) is 5.67. The third kappa shape index (κ3) is 1.69. The molecule has 4 heteroatoms. The molecule has 4 N–H and O–H groups in total. The van der Waals surface area contributed by atoms with Crippen LogP contribution in [0.5, 0.6) is 5.75 Å². The fourth-order valence-electron chi connectivity index (χ4n) is 0.680. The van der Waals surface area contributed by atoms with Gasteiger partial charge in [-0.25, -0.2) is 4.79 Å². The fraction of sp³-hybridized carbons (Fsp3) is 0. The molecule has 0 saturated heterocycles. The van der Waals surface area contributed by atoms with Gasteiger partial charge in [0, 0.05) is 0 Å². The predicted octanol–water partition coefficient (Wildman–Crippen LogP) is 0.428. The number of phenolic OH excluding ortho intramolecular Hbond substituents is 1. The SMILES string of the molecule is [NH3+]C(=O)c1ccc(O)c(Cl)c1. The van der Waals surface area contributed by atoms with E-state index in [0.29, 0.717) is 5.56 Å². The minimum atomic E-state index is -0.313. The summed E-state index contributed by atoms with van der Waals surface area (Å²) in [4.78, 5) is 10.7. The van der Waals surface area contributed by atoms with Crippen LogP contribution in [-0.4, -0.2) is 11.0 Å². The summed E-state index contributed by atoms with van der Waals surface area (Å²) in [6.07, 6.45) is 0. The van der Waals surface area contributed by atoms with E-state index >= 15 is 0 Å². The molecule has 0 aliphatic carbocycles. The van der Waals surface area contributed by atoms with Crippen molar-refractivity contribution in [3.05, 3.63) is 28.8 Å². The number of rotatable bonds is 1. The van der Waals surface area contributed by atoms with Gasteiger partial charge in [0.2, 0.25) is 0 Å². The number of benzene rings is 1. The molecule has 0 saturated carbocycles. The lowest BCUT2D eigenvalue weighted by atomic mass is 10.2. The zero-order chi connectivity index (χ0) is 8.43. The van der Waals surface area contributed by atoms with Gasteiger partial charge >= 0.3 is 5.91 Å². The molecule has 1 rings (SSSR count). The summed E-state index contributed by atoms with van der Waals surface area (Å²) in [6, 6.07) is 4.21. The largest absolute Gasteiger partial charge is 0.506 e. The van der Waals surface area contributed by atoms with E-state index in [-0.39, 0.29) is 16.7 Å². The van der Waals surface area contributed by atoms with Gasteiger partial charge in [-0.2, -0.15) is 0 Å². The third-order valence-electron chi connectivity index (χ3n) is 1.27. The quantitative estimate of drug-likeness (QED) is 0.645. The number of hydrogen-bond donors (Lipinski definition) is 2. The molecule has 58 valence electrons. The Morgan fingerprint density at radius 2 is 2.18 bits per heavy atom. The minimum absolute atomic E-state index is 0.0309. The number of quaternary nitrogens is 1. The molecule has 1 aromatic rings. The molecule has 3 nitrogen and oxygen atoms in total. The van der Waals surface area contributed by atoms with E-state index < -0.39 is 0 Å². The maximum Gasteiger partial charge on any atom is 0.341 e. The number of amides is 1. The predicted molar refractivity (Wildman–Crippen MR) is 40.3 cm³/mol. The van der Waals surface area contributed by atoms with Crippen LogP contribution in [0.3, 0.4) is 0 Å². The highest BCUT2D eigenvalue weighted by Crippen LogP contribution is 2.22. The first-order valence-electron chi connectivity index (χ1n) is 2.96. The zero-order valence-corrected chi connectivity index (χ0v) is 6.43. The number of phenols is 1. The van der Waals surface area contributed by atoms with Crippen molar-refractivity contribution in [2.75, 3.05) is 0 Å². The summed E-state index contributed by atoms with van der Waals surface area (Å²) in [5.74, 6) is -0.344. The topological polar surface area (TPSA) is 64.9 Å². The Morgan fingerprint density at radius 3 is 2.64 bits per heavy atom.